The van der Waals surface area contributed by atoms with E-state index >= 15 is 0 Å². The second-order valence-electron chi connectivity index (χ2n) is 5.39. The molecule has 1 heterocycles. The highest BCUT2D eigenvalue weighted by molar-refractivity contribution is 9.10. The second kappa shape index (κ2) is 6.24. The third-order valence-electron chi connectivity index (χ3n) is 4.14. The van der Waals surface area contributed by atoms with E-state index < -0.39 is 0 Å². The van der Waals surface area contributed by atoms with Gasteiger partial charge in [-0.05, 0) is 54.3 Å². The van der Waals surface area contributed by atoms with Gasteiger partial charge in [0.15, 0.2) is 0 Å². The van der Waals surface area contributed by atoms with Gasteiger partial charge in [0.25, 0.3) is 0 Å². The molecule has 0 aromatic heterocycles. The Morgan fingerprint density at radius 1 is 1.00 bits per heavy atom. The Balaban J connectivity index is 2.02. The molecule has 0 aliphatic carbocycles. The SMILES string of the molecule is Fc1ccc(Br)c(C2CCNCC2c2ccccc2F)c1. The minimum absolute atomic E-state index is 0.0121. The zero-order valence-electron chi connectivity index (χ0n) is 11.5. The molecule has 0 saturated carbocycles. The van der Waals surface area contributed by atoms with Crippen LogP contribution in [0.25, 0.3) is 0 Å². The molecule has 2 aromatic carbocycles. The number of hydrogen-bond donors (Lipinski definition) is 1. The maximum absolute atomic E-state index is 14.1. The summed E-state index contributed by atoms with van der Waals surface area (Å²) in [5.74, 6) is -0.325. The number of benzene rings is 2. The summed E-state index contributed by atoms with van der Waals surface area (Å²) in [6.45, 7) is 1.56. The quantitative estimate of drug-likeness (QED) is 0.834. The fraction of sp³-hybridized carbons (Fsp3) is 0.294. The molecular weight excluding hydrogens is 336 g/mol. The number of piperidine rings is 1. The lowest BCUT2D eigenvalue weighted by molar-refractivity contribution is 0.391. The third-order valence-corrected chi connectivity index (χ3v) is 4.87. The van der Waals surface area contributed by atoms with Gasteiger partial charge in [0.2, 0.25) is 0 Å². The van der Waals surface area contributed by atoms with Crippen LogP contribution < -0.4 is 5.32 Å². The standard InChI is InChI=1S/C17H16BrF2N/c18-16-6-5-11(19)9-14(16)12-7-8-21-10-15(12)13-3-1-2-4-17(13)20/h1-6,9,12,15,21H,7-8,10H2. The van der Waals surface area contributed by atoms with E-state index in [1.165, 1.54) is 12.1 Å². The molecular formula is C17H16BrF2N. The minimum atomic E-state index is -0.251. The Morgan fingerprint density at radius 2 is 1.81 bits per heavy atom. The van der Waals surface area contributed by atoms with Crippen LogP contribution in [0.3, 0.4) is 0 Å². The van der Waals surface area contributed by atoms with E-state index in [9.17, 15) is 8.78 Å². The predicted molar refractivity (Wildman–Crippen MR) is 83.5 cm³/mol. The Morgan fingerprint density at radius 3 is 2.62 bits per heavy atom. The first-order valence-electron chi connectivity index (χ1n) is 7.07. The monoisotopic (exact) mass is 351 g/mol. The normalized spacial score (nSPS) is 22.2. The first-order valence-corrected chi connectivity index (χ1v) is 7.86. The van der Waals surface area contributed by atoms with Crippen molar-refractivity contribution < 1.29 is 8.78 Å². The van der Waals surface area contributed by atoms with E-state index in [0.717, 1.165) is 23.0 Å². The van der Waals surface area contributed by atoms with E-state index in [-0.39, 0.29) is 23.5 Å². The molecule has 1 N–H and O–H groups in total. The molecule has 1 nitrogen and oxygen atoms in total. The summed E-state index contributed by atoms with van der Waals surface area (Å²) in [6.07, 6.45) is 0.862. The molecule has 2 unspecified atom stereocenters. The van der Waals surface area contributed by atoms with Crippen LogP contribution in [0.5, 0.6) is 0 Å². The average Bonchev–Trinajstić information content (AvgIpc) is 2.50. The zero-order valence-corrected chi connectivity index (χ0v) is 13.0. The van der Waals surface area contributed by atoms with Gasteiger partial charge in [-0.3, -0.25) is 0 Å². The molecule has 2 atom stereocenters. The highest BCUT2D eigenvalue weighted by Gasteiger charge is 2.30. The van der Waals surface area contributed by atoms with Crippen LogP contribution in [-0.2, 0) is 0 Å². The van der Waals surface area contributed by atoms with Crippen LogP contribution in [0, 0.1) is 11.6 Å². The van der Waals surface area contributed by atoms with Crippen LogP contribution >= 0.6 is 15.9 Å². The Bertz CT molecular complexity index is 644. The smallest absolute Gasteiger partial charge is 0.126 e. The van der Waals surface area contributed by atoms with Crippen LogP contribution in [-0.4, -0.2) is 13.1 Å². The summed E-state index contributed by atoms with van der Waals surface area (Å²) in [5, 5.41) is 3.32. The fourth-order valence-electron chi connectivity index (χ4n) is 3.13. The van der Waals surface area contributed by atoms with Crippen molar-refractivity contribution in [2.45, 2.75) is 18.3 Å². The van der Waals surface area contributed by atoms with E-state index in [2.05, 4.69) is 21.2 Å². The van der Waals surface area contributed by atoms with Gasteiger partial charge in [-0.2, -0.15) is 0 Å². The summed E-state index contributed by atoms with van der Waals surface area (Å²) >= 11 is 3.50. The van der Waals surface area contributed by atoms with Gasteiger partial charge in [0.05, 0.1) is 0 Å². The number of rotatable bonds is 2. The summed E-state index contributed by atoms with van der Waals surface area (Å²) in [7, 11) is 0. The van der Waals surface area contributed by atoms with Crippen LogP contribution in [0.4, 0.5) is 8.78 Å². The van der Waals surface area contributed by atoms with E-state index in [0.29, 0.717) is 12.1 Å². The molecule has 3 rings (SSSR count). The highest BCUT2D eigenvalue weighted by Crippen LogP contribution is 2.41. The first-order chi connectivity index (χ1) is 10.2. The summed E-state index contributed by atoms with van der Waals surface area (Å²) < 4.78 is 28.6. The molecule has 110 valence electrons. The lowest BCUT2D eigenvalue weighted by atomic mass is 9.77. The highest BCUT2D eigenvalue weighted by atomic mass is 79.9. The molecule has 1 fully saturated rings. The summed E-state index contributed by atoms with van der Waals surface area (Å²) in [5.41, 5.74) is 1.62. The van der Waals surface area contributed by atoms with Crippen molar-refractivity contribution in [2.75, 3.05) is 13.1 Å². The zero-order chi connectivity index (χ0) is 14.8. The van der Waals surface area contributed by atoms with Crippen molar-refractivity contribution in [3.05, 3.63) is 69.7 Å². The Labute approximate surface area is 131 Å². The van der Waals surface area contributed by atoms with Crippen LogP contribution in [0.1, 0.15) is 29.4 Å². The molecule has 2 aromatic rings. The third kappa shape index (κ3) is 3.01. The largest absolute Gasteiger partial charge is 0.316 e. The first kappa shape index (κ1) is 14.7. The molecule has 1 aliphatic heterocycles. The minimum Gasteiger partial charge on any atom is -0.316 e. The molecule has 1 aliphatic rings. The second-order valence-corrected chi connectivity index (χ2v) is 6.25. The summed E-state index contributed by atoms with van der Waals surface area (Å²) in [6, 6.07) is 11.6. The molecule has 21 heavy (non-hydrogen) atoms. The number of hydrogen-bond acceptors (Lipinski definition) is 1. The van der Waals surface area contributed by atoms with Crippen molar-refractivity contribution in [3.8, 4) is 0 Å². The molecule has 0 bridgehead atoms. The number of nitrogens with one attached hydrogen (secondary N) is 1. The van der Waals surface area contributed by atoms with Gasteiger partial charge in [0, 0.05) is 16.9 Å². The lowest BCUT2D eigenvalue weighted by Gasteiger charge is -2.33. The van der Waals surface area contributed by atoms with E-state index in [1.54, 1.807) is 18.2 Å². The average molecular weight is 352 g/mol. The molecule has 0 amide bonds. The summed E-state index contributed by atoms with van der Waals surface area (Å²) in [4.78, 5) is 0. The Kier molecular flexibility index (Phi) is 4.36. The van der Waals surface area contributed by atoms with E-state index in [4.69, 9.17) is 0 Å². The maximum atomic E-state index is 14.1. The van der Waals surface area contributed by atoms with Gasteiger partial charge in [-0.1, -0.05) is 34.1 Å². The molecule has 0 radical (unpaired) electrons. The van der Waals surface area contributed by atoms with Crippen molar-refractivity contribution in [2.24, 2.45) is 0 Å². The van der Waals surface area contributed by atoms with E-state index in [1.807, 2.05) is 12.1 Å². The van der Waals surface area contributed by atoms with Gasteiger partial charge in [-0.15, -0.1) is 0 Å². The predicted octanol–water partition coefficient (Wildman–Crippen LogP) is 4.59. The van der Waals surface area contributed by atoms with Crippen molar-refractivity contribution in [1.82, 2.24) is 5.32 Å². The van der Waals surface area contributed by atoms with Gasteiger partial charge < -0.3 is 5.32 Å². The van der Waals surface area contributed by atoms with Crippen LogP contribution in [0.2, 0.25) is 0 Å². The molecule has 0 spiro atoms. The van der Waals surface area contributed by atoms with Gasteiger partial charge >= 0.3 is 0 Å². The van der Waals surface area contributed by atoms with Crippen molar-refractivity contribution >= 4 is 15.9 Å². The van der Waals surface area contributed by atoms with Gasteiger partial charge in [0.1, 0.15) is 11.6 Å². The van der Waals surface area contributed by atoms with Gasteiger partial charge in [-0.25, -0.2) is 8.78 Å². The maximum Gasteiger partial charge on any atom is 0.126 e. The van der Waals surface area contributed by atoms with Crippen molar-refractivity contribution in [1.29, 1.82) is 0 Å². The number of halogens is 3. The fourth-order valence-corrected chi connectivity index (χ4v) is 3.67. The topological polar surface area (TPSA) is 12.0 Å². The van der Waals surface area contributed by atoms with Crippen molar-refractivity contribution in [3.63, 3.8) is 0 Å². The lowest BCUT2D eigenvalue weighted by Crippen LogP contribution is -2.34. The van der Waals surface area contributed by atoms with Crippen LogP contribution in [0.15, 0.2) is 46.9 Å². The Hall–Kier alpha value is -1.26. The molecule has 4 heteroatoms. The molecule has 1 saturated heterocycles.